The van der Waals surface area contributed by atoms with Gasteiger partial charge in [-0.25, -0.2) is 0 Å². The molecule has 0 fully saturated rings. The largest absolute Gasteiger partial charge is 0.395 e. The molecule has 1 aromatic carbocycles. The van der Waals surface area contributed by atoms with Crippen molar-refractivity contribution in [3.8, 4) is 0 Å². The Hall–Kier alpha value is -0.820. The van der Waals surface area contributed by atoms with Crippen LogP contribution < -0.4 is 0 Å². The minimum Gasteiger partial charge on any atom is -0.395 e. The molecule has 0 aliphatic heterocycles. The third-order valence-electron chi connectivity index (χ3n) is 2.40. The van der Waals surface area contributed by atoms with Gasteiger partial charge in [0.25, 0.3) is 0 Å². The van der Waals surface area contributed by atoms with Crippen molar-refractivity contribution in [3.05, 3.63) is 34.9 Å². The highest BCUT2D eigenvalue weighted by molar-refractivity contribution is 5.33. The van der Waals surface area contributed by atoms with Gasteiger partial charge in [-0.15, -0.1) is 0 Å². The number of hydrogen-bond donors (Lipinski definition) is 1. The lowest BCUT2D eigenvalue weighted by molar-refractivity contribution is 0.218. The molecular weight excluding hydrogens is 160 g/mol. The summed E-state index contributed by atoms with van der Waals surface area (Å²) in [5.41, 5.74) is 3.61. The Labute approximate surface area is 80.4 Å². The van der Waals surface area contributed by atoms with Crippen LogP contribution in [-0.2, 0) is 5.41 Å². The summed E-state index contributed by atoms with van der Waals surface area (Å²) in [6.45, 7) is 8.48. The third kappa shape index (κ3) is 2.31. The van der Waals surface area contributed by atoms with Crippen LogP contribution in [0.15, 0.2) is 18.2 Å². The van der Waals surface area contributed by atoms with Crippen LogP contribution in [0, 0.1) is 13.8 Å². The minimum atomic E-state index is -0.128. The van der Waals surface area contributed by atoms with E-state index in [9.17, 15) is 5.11 Å². The van der Waals surface area contributed by atoms with Gasteiger partial charge in [-0.2, -0.15) is 0 Å². The first kappa shape index (κ1) is 10.3. The Morgan fingerprint density at radius 3 is 1.92 bits per heavy atom. The molecule has 0 aromatic heterocycles. The van der Waals surface area contributed by atoms with Crippen molar-refractivity contribution < 1.29 is 5.11 Å². The predicted octanol–water partition coefficient (Wildman–Crippen LogP) is 2.57. The lowest BCUT2D eigenvalue weighted by Crippen LogP contribution is -2.22. The monoisotopic (exact) mass is 178 g/mol. The van der Waals surface area contributed by atoms with Crippen molar-refractivity contribution in [2.24, 2.45) is 0 Å². The molecule has 1 nitrogen and oxygen atoms in total. The predicted molar refractivity (Wildman–Crippen MR) is 56.0 cm³/mol. The van der Waals surface area contributed by atoms with E-state index in [0.717, 1.165) is 0 Å². The van der Waals surface area contributed by atoms with Gasteiger partial charge in [0.2, 0.25) is 0 Å². The molecule has 0 amide bonds. The van der Waals surface area contributed by atoms with Crippen LogP contribution in [-0.4, -0.2) is 11.7 Å². The van der Waals surface area contributed by atoms with E-state index in [1.165, 1.54) is 16.7 Å². The van der Waals surface area contributed by atoms with E-state index in [1.54, 1.807) is 0 Å². The maximum absolute atomic E-state index is 9.23. The van der Waals surface area contributed by atoms with E-state index in [2.05, 4.69) is 45.9 Å². The Balaban J connectivity index is 3.15. The molecule has 72 valence electrons. The summed E-state index contributed by atoms with van der Waals surface area (Å²) in [6.07, 6.45) is 0. The van der Waals surface area contributed by atoms with Crippen LogP contribution in [0.3, 0.4) is 0 Å². The van der Waals surface area contributed by atoms with Crippen LogP contribution in [0.4, 0.5) is 0 Å². The molecule has 0 atom stereocenters. The van der Waals surface area contributed by atoms with E-state index in [0.29, 0.717) is 0 Å². The summed E-state index contributed by atoms with van der Waals surface area (Å²) in [5, 5.41) is 9.23. The second-order valence-electron chi connectivity index (χ2n) is 4.42. The van der Waals surface area contributed by atoms with Gasteiger partial charge < -0.3 is 5.11 Å². The molecule has 1 rings (SSSR count). The fourth-order valence-electron chi connectivity index (χ4n) is 1.46. The van der Waals surface area contributed by atoms with Crippen LogP contribution >= 0.6 is 0 Å². The van der Waals surface area contributed by atoms with Crippen molar-refractivity contribution >= 4 is 0 Å². The average Bonchev–Trinajstić information content (AvgIpc) is 2.02. The highest BCUT2D eigenvalue weighted by atomic mass is 16.3. The Bertz CT molecular complexity index is 280. The SMILES string of the molecule is Cc1cc(C)cc(C(C)(C)CO)c1. The minimum absolute atomic E-state index is 0.128. The summed E-state index contributed by atoms with van der Waals surface area (Å²) in [7, 11) is 0. The third-order valence-corrected chi connectivity index (χ3v) is 2.40. The average molecular weight is 178 g/mol. The van der Waals surface area contributed by atoms with Crippen molar-refractivity contribution in [2.45, 2.75) is 33.1 Å². The summed E-state index contributed by atoms with van der Waals surface area (Å²) < 4.78 is 0. The van der Waals surface area contributed by atoms with Gasteiger partial charge in [-0.3, -0.25) is 0 Å². The topological polar surface area (TPSA) is 20.2 Å². The molecule has 0 saturated carbocycles. The molecular formula is C12H18O. The first-order valence-electron chi connectivity index (χ1n) is 4.65. The van der Waals surface area contributed by atoms with Crippen LogP contribution in [0.25, 0.3) is 0 Å². The quantitative estimate of drug-likeness (QED) is 0.738. The number of hydrogen-bond acceptors (Lipinski definition) is 1. The zero-order valence-corrected chi connectivity index (χ0v) is 8.89. The zero-order chi connectivity index (χ0) is 10.1. The standard InChI is InChI=1S/C12H18O/c1-9-5-10(2)7-11(6-9)12(3,4)8-13/h5-7,13H,8H2,1-4H3. The van der Waals surface area contributed by atoms with E-state index in [-0.39, 0.29) is 12.0 Å². The molecule has 0 unspecified atom stereocenters. The number of aliphatic hydroxyl groups excluding tert-OH is 1. The number of aliphatic hydroxyl groups is 1. The lowest BCUT2D eigenvalue weighted by Gasteiger charge is -2.23. The molecule has 0 aliphatic carbocycles. The molecule has 1 heteroatoms. The molecule has 1 aromatic rings. The molecule has 0 aliphatic rings. The second kappa shape index (κ2) is 3.51. The van der Waals surface area contributed by atoms with Crippen LogP contribution in [0.1, 0.15) is 30.5 Å². The van der Waals surface area contributed by atoms with Gasteiger partial charge in [0.15, 0.2) is 0 Å². The Kier molecular flexibility index (Phi) is 2.77. The molecule has 0 saturated heterocycles. The van der Waals surface area contributed by atoms with Gasteiger partial charge in [0.1, 0.15) is 0 Å². The van der Waals surface area contributed by atoms with E-state index in [4.69, 9.17) is 0 Å². The van der Waals surface area contributed by atoms with Crippen LogP contribution in [0.5, 0.6) is 0 Å². The highest BCUT2D eigenvalue weighted by Gasteiger charge is 2.19. The summed E-state index contributed by atoms with van der Waals surface area (Å²) in [5.74, 6) is 0. The Morgan fingerprint density at radius 2 is 1.54 bits per heavy atom. The molecule has 0 spiro atoms. The van der Waals surface area contributed by atoms with Crippen molar-refractivity contribution in [1.29, 1.82) is 0 Å². The smallest absolute Gasteiger partial charge is 0.0522 e. The summed E-state index contributed by atoms with van der Waals surface area (Å²) in [4.78, 5) is 0. The van der Waals surface area contributed by atoms with Gasteiger partial charge in [-0.05, 0) is 19.4 Å². The van der Waals surface area contributed by atoms with E-state index >= 15 is 0 Å². The molecule has 0 heterocycles. The van der Waals surface area contributed by atoms with Gasteiger partial charge in [0, 0.05) is 5.41 Å². The first-order valence-corrected chi connectivity index (χ1v) is 4.65. The summed E-state index contributed by atoms with van der Waals surface area (Å²) in [6, 6.07) is 6.43. The molecule has 0 bridgehead atoms. The fraction of sp³-hybridized carbons (Fsp3) is 0.500. The van der Waals surface area contributed by atoms with Gasteiger partial charge >= 0.3 is 0 Å². The van der Waals surface area contributed by atoms with Gasteiger partial charge in [-0.1, -0.05) is 43.2 Å². The van der Waals surface area contributed by atoms with Gasteiger partial charge in [0.05, 0.1) is 6.61 Å². The molecule has 13 heavy (non-hydrogen) atoms. The first-order chi connectivity index (χ1) is 5.95. The lowest BCUT2D eigenvalue weighted by atomic mass is 9.84. The Morgan fingerprint density at radius 1 is 1.08 bits per heavy atom. The number of aryl methyl sites for hydroxylation is 2. The normalized spacial score (nSPS) is 11.8. The summed E-state index contributed by atoms with van der Waals surface area (Å²) >= 11 is 0. The van der Waals surface area contributed by atoms with E-state index < -0.39 is 0 Å². The van der Waals surface area contributed by atoms with E-state index in [1.807, 2.05) is 0 Å². The maximum Gasteiger partial charge on any atom is 0.0522 e. The maximum atomic E-state index is 9.23. The number of rotatable bonds is 2. The van der Waals surface area contributed by atoms with Crippen molar-refractivity contribution in [2.75, 3.05) is 6.61 Å². The zero-order valence-electron chi connectivity index (χ0n) is 8.89. The number of benzene rings is 1. The fourth-order valence-corrected chi connectivity index (χ4v) is 1.46. The highest BCUT2D eigenvalue weighted by Crippen LogP contribution is 2.24. The van der Waals surface area contributed by atoms with Crippen molar-refractivity contribution in [3.63, 3.8) is 0 Å². The molecule has 0 radical (unpaired) electrons. The molecule has 1 N–H and O–H groups in total. The van der Waals surface area contributed by atoms with Crippen LogP contribution in [0.2, 0.25) is 0 Å². The second-order valence-corrected chi connectivity index (χ2v) is 4.42. The van der Waals surface area contributed by atoms with Crippen molar-refractivity contribution in [1.82, 2.24) is 0 Å².